The zero-order chi connectivity index (χ0) is 27.7. The van der Waals surface area contributed by atoms with Crippen molar-refractivity contribution in [1.82, 2.24) is 24.6 Å². The molecule has 2 heterocycles. The van der Waals surface area contributed by atoms with E-state index in [1.165, 1.54) is 0 Å². The molecule has 0 aliphatic rings. The van der Waals surface area contributed by atoms with Gasteiger partial charge in [0.15, 0.2) is 11.2 Å². The fourth-order valence-electron chi connectivity index (χ4n) is 4.29. The number of hydroxylamine groups is 2. The normalized spacial score (nSPS) is 14.2. The quantitative estimate of drug-likeness (QED) is 0.194. The molecule has 1 aromatic carbocycles. The van der Waals surface area contributed by atoms with Crippen molar-refractivity contribution in [2.45, 2.75) is 90.2 Å². The van der Waals surface area contributed by atoms with Gasteiger partial charge in [-0.3, -0.25) is 4.79 Å². The van der Waals surface area contributed by atoms with Gasteiger partial charge in [0.05, 0.1) is 35.5 Å². The molecule has 3 atom stereocenters. The number of hydrogen-bond acceptors (Lipinski definition) is 8. The lowest BCUT2D eigenvalue weighted by atomic mass is 10.0. The molecule has 0 bridgehead atoms. The van der Waals surface area contributed by atoms with Crippen LogP contribution >= 0.6 is 0 Å². The minimum atomic E-state index is -1.76. The molecule has 210 valence electrons. The predicted octanol–water partition coefficient (Wildman–Crippen LogP) is 4.76. The lowest BCUT2D eigenvalue weighted by Crippen LogP contribution is -2.24. The third-order valence-corrected chi connectivity index (χ3v) is 7.42. The fraction of sp³-hybridized carbons (Fsp3) is 0.593. The highest BCUT2D eigenvalue weighted by Gasteiger charge is 2.23. The molecule has 0 aliphatic heterocycles. The van der Waals surface area contributed by atoms with E-state index in [9.17, 15) is 14.1 Å². The molecule has 0 saturated heterocycles. The summed E-state index contributed by atoms with van der Waals surface area (Å²) in [6, 6.07) is 4.81. The first-order valence-electron chi connectivity index (χ1n) is 13.6. The third kappa shape index (κ3) is 7.28. The summed E-state index contributed by atoms with van der Waals surface area (Å²) in [6.07, 6.45) is 6.75. The topological polar surface area (TPSA) is 123 Å². The smallest absolute Gasteiger partial charge is 0.279 e. The zero-order valence-electron chi connectivity index (χ0n) is 23.1. The van der Waals surface area contributed by atoms with Crippen LogP contribution in [0.1, 0.15) is 79.2 Å². The van der Waals surface area contributed by atoms with E-state index in [-0.39, 0.29) is 17.4 Å². The first-order valence-corrected chi connectivity index (χ1v) is 14.7. The lowest BCUT2D eigenvalue weighted by molar-refractivity contribution is -0.0343. The Morgan fingerprint density at radius 2 is 1.89 bits per heavy atom. The molecule has 3 aromatic rings. The van der Waals surface area contributed by atoms with Crippen LogP contribution in [0.3, 0.4) is 0 Å². The molecule has 0 spiro atoms. The molecule has 0 amide bonds. The lowest BCUT2D eigenvalue weighted by Gasteiger charge is -2.22. The summed E-state index contributed by atoms with van der Waals surface area (Å²) in [4.78, 5) is 25.4. The molecule has 3 rings (SSSR count). The van der Waals surface area contributed by atoms with Crippen LogP contribution < -0.4 is 10.3 Å². The summed E-state index contributed by atoms with van der Waals surface area (Å²) < 4.78 is 26.3. The van der Waals surface area contributed by atoms with Crippen molar-refractivity contribution in [3.63, 3.8) is 0 Å². The van der Waals surface area contributed by atoms with Gasteiger partial charge in [0.25, 0.3) is 5.56 Å². The van der Waals surface area contributed by atoms with E-state index in [2.05, 4.69) is 16.9 Å². The van der Waals surface area contributed by atoms with Crippen LogP contribution in [0, 0.1) is 0 Å². The number of aliphatic hydroxyl groups is 1. The highest BCUT2D eigenvalue weighted by molar-refractivity contribution is 7.80. The zero-order valence-corrected chi connectivity index (χ0v) is 23.9. The van der Waals surface area contributed by atoms with Gasteiger partial charge < -0.3 is 19.4 Å². The highest BCUT2D eigenvalue weighted by atomic mass is 32.2. The molecule has 2 N–H and O–H groups in total. The first-order chi connectivity index (χ1) is 18.3. The number of unbranched alkanes of at least 4 members (excludes halogenated alkanes) is 3. The van der Waals surface area contributed by atoms with E-state index >= 15 is 0 Å². The van der Waals surface area contributed by atoms with Gasteiger partial charge in [0.1, 0.15) is 11.6 Å². The average molecular weight is 548 g/mol. The molecule has 0 saturated carbocycles. The molecule has 0 aliphatic carbocycles. The summed E-state index contributed by atoms with van der Waals surface area (Å²) in [6.45, 7) is 11.4. The molecule has 3 unspecified atom stereocenters. The number of hydrogen-bond donors (Lipinski definition) is 2. The first kappa shape index (κ1) is 29.9. The van der Waals surface area contributed by atoms with E-state index in [4.69, 9.17) is 14.0 Å². The summed E-state index contributed by atoms with van der Waals surface area (Å²) in [5.41, 5.74) is 0.688. The predicted molar refractivity (Wildman–Crippen MR) is 149 cm³/mol. The second-order valence-corrected chi connectivity index (χ2v) is 10.4. The number of nitrogens with one attached hydrogen (secondary N) is 1. The Bertz CT molecular complexity index is 1250. The van der Waals surface area contributed by atoms with Gasteiger partial charge in [0, 0.05) is 13.1 Å². The molecule has 10 nitrogen and oxygen atoms in total. The van der Waals surface area contributed by atoms with Crippen molar-refractivity contribution in [3.05, 3.63) is 34.9 Å². The van der Waals surface area contributed by atoms with Gasteiger partial charge in [-0.15, -0.1) is 0 Å². The standard InChI is InChI=1S/C27H41N5O5S/c1-6-10-11-12-13-22(19(5)33)32-18-28-24-26(32)29-25(30-27(24)34)21-17-20(14-15-23(21)36-16-7-2)38(35)37-31(8-3)9-4/h14-15,17-19,22,33H,6-13,16H2,1-5H3,(H,29,30,34). The van der Waals surface area contributed by atoms with E-state index in [0.717, 1.165) is 38.5 Å². The second kappa shape index (κ2) is 14.5. The van der Waals surface area contributed by atoms with Gasteiger partial charge in [-0.2, -0.15) is 9.35 Å². The van der Waals surface area contributed by atoms with Gasteiger partial charge in [0.2, 0.25) is 11.1 Å². The number of fused-ring (bicyclic) bond motifs is 1. The van der Waals surface area contributed by atoms with Crippen LogP contribution in [0.25, 0.3) is 22.6 Å². The van der Waals surface area contributed by atoms with Crippen molar-refractivity contribution in [2.75, 3.05) is 19.7 Å². The number of rotatable bonds is 16. The van der Waals surface area contributed by atoms with Crippen LogP contribution in [0.5, 0.6) is 5.75 Å². The molecular formula is C27H41N5O5S. The van der Waals surface area contributed by atoms with Crippen molar-refractivity contribution in [2.24, 2.45) is 0 Å². The maximum absolute atomic E-state index is 13.1. The minimum Gasteiger partial charge on any atom is -0.493 e. The minimum absolute atomic E-state index is 0.202. The number of H-pyrrole nitrogens is 1. The Kier molecular flexibility index (Phi) is 11.4. The van der Waals surface area contributed by atoms with Gasteiger partial charge >= 0.3 is 0 Å². The Labute approximate surface area is 227 Å². The Morgan fingerprint density at radius 1 is 1.13 bits per heavy atom. The molecule has 11 heteroatoms. The maximum Gasteiger partial charge on any atom is 0.279 e. The molecule has 2 aromatic heterocycles. The number of nitrogens with zero attached hydrogens (tertiary/aromatic N) is 4. The summed E-state index contributed by atoms with van der Waals surface area (Å²) in [5, 5.41) is 12.2. The fourth-order valence-corrected chi connectivity index (χ4v) is 5.17. The summed E-state index contributed by atoms with van der Waals surface area (Å²) in [7, 11) is 0. The van der Waals surface area contributed by atoms with Crippen LogP contribution in [0.4, 0.5) is 0 Å². The van der Waals surface area contributed by atoms with Gasteiger partial charge in [-0.05, 0) is 38.0 Å². The van der Waals surface area contributed by atoms with Crippen molar-refractivity contribution in [3.8, 4) is 17.1 Å². The van der Waals surface area contributed by atoms with E-state index in [1.54, 1.807) is 41.1 Å². The number of ether oxygens (including phenoxy) is 1. The van der Waals surface area contributed by atoms with E-state index in [1.807, 2.05) is 20.8 Å². The number of aromatic amines is 1. The van der Waals surface area contributed by atoms with Crippen molar-refractivity contribution in [1.29, 1.82) is 0 Å². The van der Waals surface area contributed by atoms with Gasteiger partial charge in [-0.25, -0.2) is 14.2 Å². The average Bonchev–Trinajstić information content (AvgIpc) is 3.34. The monoisotopic (exact) mass is 547 g/mol. The van der Waals surface area contributed by atoms with Crippen LogP contribution in [0.15, 0.2) is 34.2 Å². The van der Waals surface area contributed by atoms with Crippen LogP contribution in [-0.2, 0) is 15.4 Å². The highest BCUT2D eigenvalue weighted by Crippen LogP contribution is 2.31. The maximum atomic E-state index is 13.1. The second-order valence-electron chi connectivity index (χ2n) is 9.33. The van der Waals surface area contributed by atoms with Crippen LogP contribution in [-0.4, -0.2) is 59.7 Å². The third-order valence-electron chi connectivity index (χ3n) is 6.44. The van der Waals surface area contributed by atoms with Crippen molar-refractivity contribution >= 4 is 22.2 Å². The van der Waals surface area contributed by atoms with Gasteiger partial charge in [-0.1, -0.05) is 53.4 Å². The summed E-state index contributed by atoms with van der Waals surface area (Å²) in [5.74, 6) is 0.781. The molecular weight excluding hydrogens is 506 g/mol. The summed E-state index contributed by atoms with van der Waals surface area (Å²) >= 11 is -1.76. The Hall–Kier alpha value is -2.60. The number of imidazole rings is 1. The number of benzene rings is 1. The number of aromatic nitrogens is 4. The Morgan fingerprint density at radius 3 is 2.55 bits per heavy atom. The Balaban J connectivity index is 2.08. The molecule has 38 heavy (non-hydrogen) atoms. The SMILES string of the molecule is CCCCCCC(C(C)O)n1cnc2c(=O)[nH]c(-c3cc(S(=O)ON(CC)CC)ccc3OCCC)nc21. The molecule has 0 fully saturated rings. The van der Waals surface area contributed by atoms with E-state index < -0.39 is 22.7 Å². The van der Waals surface area contributed by atoms with Crippen LogP contribution in [0.2, 0.25) is 0 Å². The molecule has 0 radical (unpaired) electrons. The number of aliphatic hydroxyl groups excluding tert-OH is 1. The largest absolute Gasteiger partial charge is 0.493 e. The van der Waals surface area contributed by atoms with Crippen molar-refractivity contribution < 1.29 is 18.3 Å². The van der Waals surface area contributed by atoms with E-state index in [0.29, 0.717) is 41.6 Å².